The summed E-state index contributed by atoms with van der Waals surface area (Å²) in [7, 11) is 0. The zero-order valence-corrected chi connectivity index (χ0v) is 11.4. The molecule has 0 aliphatic rings. The van der Waals surface area contributed by atoms with Crippen LogP contribution in [-0.2, 0) is 6.42 Å². The van der Waals surface area contributed by atoms with Crippen molar-refractivity contribution in [3.05, 3.63) is 22.8 Å². The molecule has 1 rings (SSSR count). The molecule has 0 amide bonds. The highest BCUT2D eigenvalue weighted by Gasteiger charge is 2.08. The molecule has 4 heteroatoms. The third kappa shape index (κ3) is 4.92. The number of halogens is 1. The Morgan fingerprint density at radius 3 is 2.88 bits per heavy atom. The molecular formula is C13H22ClN3. The van der Waals surface area contributed by atoms with Crippen LogP contribution < -0.4 is 11.1 Å². The van der Waals surface area contributed by atoms with Crippen LogP contribution in [0.2, 0.25) is 5.02 Å². The number of nitrogen functional groups attached to an aromatic ring is 1. The highest BCUT2D eigenvalue weighted by Crippen LogP contribution is 2.17. The summed E-state index contributed by atoms with van der Waals surface area (Å²) in [6, 6.07) is 2.46. The van der Waals surface area contributed by atoms with Crippen LogP contribution >= 0.6 is 11.6 Å². The molecule has 0 aliphatic heterocycles. The van der Waals surface area contributed by atoms with E-state index in [1.807, 2.05) is 6.07 Å². The Morgan fingerprint density at radius 1 is 1.47 bits per heavy atom. The van der Waals surface area contributed by atoms with Crippen molar-refractivity contribution in [2.45, 2.75) is 45.6 Å². The number of pyridine rings is 1. The zero-order chi connectivity index (χ0) is 12.7. The fraction of sp³-hybridized carbons (Fsp3) is 0.615. The maximum absolute atomic E-state index is 5.92. The molecular weight excluding hydrogens is 234 g/mol. The number of anilines is 1. The quantitative estimate of drug-likeness (QED) is 0.788. The van der Waals surface area contributed by atoms with E-state index in [9.17, 15) is 0 Å². The topological polar surface area (TPSA) is 50.9 Å². The van der Waals surface area contributed by atoms with Gasteiger partial charge in [-0.2, -0.15) is 0 Å². The zero-order valence-electron chi connectivity index (χ0n) is 10.7. The van der Waals surface area contributed by atoms with Gasteiger partial charge >= 0.3 is 0 Å². The Balaban J connectivity index is 2.50. The number of nitrogens with two attached hydrogens (primary N) is 1. The van der Waals surface area contributed by atoms with Crippen LogP contribution in [0.3, 0.4) is 0 Å². The van der Waals surface area contributed by atoms with Gasteiger partial charge in [0.15, 0.2) is 0 Å². The average molecular weight is 256 g/mol. The van der Waals surface area contributed by atoms with E-state index < -0.39 is 0 Å². The molecule has 0 radical (unpaired) electrons. The van der Waals surface area contributed by atoms with Crippen molar-refractivity contribution in [3.8, 4) is 0 Å². The van der Waals surface area contributed by atoms with E-state index in [1.165, 1.54) is 0 Å². The second-order valence-corrected chi connectivity index (χ2v) is 4.73. The first-order valence-electron chi connectivity index (χ1n) is 6.30. The molecule has 3 nitrogen and oxygen atoms in total. The molecule has 0 bridgehead atoms. The standard InChI is InChI=1S/C13H22ClN3/c1-3-7-16-12(4-2)6-5-10-8-11(14)9-17-13(10)15/h8-9,12,16H,3-7H2,1-2H3,(H2,15,17). The molecule has 0 saturated heterocycles. The monoisotopic (exact) mass is 255 g/mol. The molecule has 1 aromatic heterocycles. The summed E-state index contributed by atoms with van der Waals surface area (Å²) in [5.74, 6) is 0.597. The lowest BCUT2D eigenvalue weighted by Gasteiger charge is -2.16. The third-order valence-corrected chi connectivity index (χ3v) is 3.11. The predicted molar refractivity (Wildman–Crippen MR) is 74.4 cm³/mol. The summed E-state index contributed by atoms with van der Waals surface area (Å²) in [6.45, 7) is 5.45. The average Bonchev–Trinajstić information content (AvgIpc) is 2.33. The van der Waals surface area contributed by atoms with E-state index >= 15 is 0 Å². The molecule has 1 heterocycles. The van der Waals surface area contributed by atoms with Crippen molar-refractivity contribution in [3.63, 3.8) is 0 Å². The van der Waals surface area contributed by atoms with Crippen LogP contribution in [0.4, 0.5) is 5.82 Å². The van der Waals surface area contributed by atoms with Crippen molar-refractivity contribution in [1.82, 2.24) is 10.3 Å². The van der Waals surface area contributed by atoms with Gasteiger partial charge in [0.25, 0.3) is 0 Å². The molecule has 17 heavy (non-hydrogen) atoms. The second kappa shape index (κ2) is 7.51. The number of aryl methyl sites for hydroxylation is 1. The summed E-state index contributed by atoms with van der Waals surface area (Å²) in [5, 5.41) is 4.19. The van der Waals surface area contributed by atoms with E-state index in [-0.39, 0.29) is 0 Å². The lowest BCUT2D eigenvalue weighted by Crippen LogP contribution is -2.29. The number of hydrogen-bond acceptors (Lipinski definition) is 3. The molecule has 0 spiro atoms. The van der Waals surface area contributed by atoms with Crippen LogP contribution in [0.5, 0.6) is 0 Å². The Kier molecular flexibility index (Phi) is 6.30. The molecule has 0 aliphatic carbocycles. The molecule has 1 aromatic rings. The maximum Gasteiger partial charge on any atom is 0.126 e. The van der Waals surface area contributed by atoms with Gasteiger partial charge in [-0.25, -0.2) is 4.98 Å². The molecule has 1 atom stereocenters. The van der Waals surface area contributed by atoms with Crippen LogP contribution in [0.1, 0.15) is 38.7 Å². The highest BCUT2D eigenvalue weighted by molar-refractivity contribution is 6.30. The predicted octanol–water partition coefficient (Wildman–Crippen LogP) is 3.03. The summed E-state index contributed by atoms with van der Waals surface area (Å²) in [4.78, 5) is 4.07. The van der Waals surface area contributed by atoms with Crippen molar-refractivity contribution in [1.29, 1.82) is 0 Å². The SMILES string of the molecule is CCCNC(CC)CCc1cc(Cl)cnc1N. The summed E-state index contributed by atoms with van der Waals surface area (Å²) < 4.78 is 0. The lowest BCUT2D eigenvalue weighted by molar-refractivity contribution is 0.468. The van der Waals surface area contributed by atoms with Crippen LogP contribution in [0.25, 0.3) is 0 Å². The number of aromatic nitrogens is 1. The van der Waals surface area contributed by atoms with Gasteiger partial charge in [0.2, 0.25) is 0 Å². The largest absolute Gasteiger partial charge is 0.383 e. The fourth-order valence-corrected chi connectivity index (χ4v) is 2.00. The smallest absolute Gasteiger partial charge is 0.126 e. The molecule has 96 valence electrons. The molecule has 0 saturated carbocycles. The van der Waals surface area contributed by atoms with E-state index in [0.29, 0.717) is 16.9 Å². The van der Waals surface area contributed by atoms with Crippen molar-refractivity contribution < 1.29 is 0 Å². The van der Waals surface area contributed by atoms with Crippen LogP contribution in [0, 0.1) is 0 Å². The van der Waals surface area contributed by atoms with E-state index in [4.69, 9.17) is 17.3 Å². The molecule has 3 N–H and O–H groups in total. The molecule has 1 unspecified atom stereocenters. The van der Waals surface area contributed by atoms with E-state index in [2.05, 4.69) is 24.1 Å². The van der Waals surface area contributed by atoms with Gasteiger partial charge in [0.05, 0.1) is 5.02 Å². The Labute approximate surface area is 109 Å². The Hall–Kier alpha value is -0.800. The Morgan fingerprint density at radius 2 is 2.24 bits per heavy atom. The number of nitrogens with one attached hydrogen (secondary N) is 1. The maximum atomic E-state index is 5.92. The number of nitrogens with zero attached hydrogens (tertiary/aromatic N) is 1. The van der Waals surface area contributed by atoms with Gasteiger partial charge in [0, 0.05) is 12.2 Å². The summed E-state index contributed by atoms with van der Waals surface area (Å²) >= 11 is 5.92. The lowest BCUT2D eigenvalue weighted by atomic mass is 10.0. The van der Waals surface area contributed by atoms with Gasteiger partial charge in [0.1, 0.15) is 5.82 Å². The molecule has 0 fully saturated rings. The fourth-order valence-electron chi connectivity index (χ4n) is 1.82. The summed E-state index contributed by atoms with van der Waals surface area (Å²) in [5.41, 5.74) is 6.88. The minimum atomic E-state index is 0.549. The van der Waals surface area contributed by atoms with Crippen molar-refractivity contribution in [2.75, 3.05) is 12.3 Å². The number of rotatable bonds is 7. The van der Waals surface area contributed by atoms with Crippen molar-refractivity contribution in [2.24, 2.45) is 0 Å². The first-order chi connectivity index (χ1) is 8.17. The van der Waals surface area contributed by atoms with Gasteiger partial charge < -0.3 is 11.1 Å². The molecule has 0 aromatic carbocycles. The minimum absolute atomic E-state index is 0.549. The summed E-state index contributed by atoms with van der Waals surface area (Å²) in [6.07, 6.45) is 5.88. The van der Waals surface area contributed by atoms with Gasteiger partial charge in [-0.05, 0) is 43.9 Å². The normalized spacial score (nSPS) is 12.6. The highest BCUT2D eigenvalue weighted by atomic mass is 35.5. The van der Waals surface area contributed by atoms with Crippen LogP contribution in [-0.4, -0.2) is 17.6 Å². The first-order valence-corrected chi connectivity index (χ1v) is 6.68. The Bertz CT molecular complexity index is 341. The van der Waals surface area contributed by atoms with E-state index in [1.54, 1.807) is 6.20 Å². The third-order valence-electron chi connectivity index (χ3n) is 2.91. The second-order valence-electron chi connectivity index (χ2n) is 4.30. The van der Waals surface area contributed by atoms with Gasteiger partial charge in [-0.15, -0.1) is 0 Å². The van der Waals surface area contributed by atoms with Gasteiger partial charge in [-0.3, -0.25) is 0 Å². The first kappa shape index (κ1) is 14.3. The van der Waals surface area contributed by atoms with Crippen LogP contribution in [0.15, 0.2) is 12.3 Å². The van der Waals surface area contributed by atoms with Crippen molar-refractivity contribution >= 4 is 17.4 Å². The minimum Gasteiger partial charge on any atom is -0.383 e. The van der Waals surface area contributed by atoms with Gasteiger partial charge in [-0.1, -0.05) is 25.4 Å². The van der Waals surface area contributed by atoms with E-state index in [0.717, 1.165) is 37.8 Å². The number of hydrogen-bond donors (Lipinski definition) is 2.